The molecule has 0 atom stereocenters. The van der Waals surface area contributed by atoms with Gasteiger partial charge in [0.05, 0.1) is 24.7 Å². The molecule has 0 amide bonds. The van der Waals surface area contributed by atoms with Crippen molar-refractivity contribution in [2.24, 2.45) is 0 Å². The van der Waals surface area contributed by atoms with Crippen molar-refractivity contribution in [1.82, 2.24) is 9.03 Å². The van der Waals surface area contributed by atoms with Crippen LogP contribution in [-0.4, -0.2) is 60.6 Å². The monoisotopic (exact) mass is 488 g/mol. The van der Waals surface area contributed by atoms with Crippen LogP contribution in [0.1, 0.15) is 12.5 Å². The number of halogens is 1. The summed E-state index contributed by atoms with van der Waals surface area (Å²) in [5, 5.41) is 0.292. The maximum atomic E-state index is 12.7. The third-order valence-electron chi connectivity index (χ3n) is 4.73. The largest absolute Gasteiger partial charge is 0.492 e. The van der Waals surface area contributed by atoms with Gasteiger partial charge in [-0.25, -0.2) is 21.6 Å². The Labute approximate surface area is 188 Å². The number of benzene rings is 2. The van der Waals surface area contributed by atoms with E-state index in [9.17, 15) is 16.8 Å². The van der Waals surface area contributed by atoms with Crippen LogP contribution in [0.5, 0.6) is 5.75 Å². The number of sulfonamides is 2. The van der Waals surface area contributed by atoms with Crippen molar-refractivity contribution in [3.63, 3.8) is 0 Å². The lowest BCUT2D eigenvalue weighted by molar-refractivity contribution is 0.0730. The van der Waals surface area contributed by atoms with Crippen molar-refractivity contribution in [2.45, 2.75) is 23.1 Å². The number of hydrogen-bond acceptors (Lipinski definition) is 6. The first-order chi connectivity index (χ1) is 14.7. The van der Waals surface area contributed by atoms with Gasteiger partial charge in [0.25, 0.3) is 0 Å². The number of nitrogens with one attached hydrogen (secondary N) is 1. The van der Waals surface area contributed by atoms with Crippen LogP contribution in [0.15, 0.2) is 52.3 Å². The van der Waals surface area contributed by atoms with Crippen LogP contribution < -0.4 is 9.46 Å². The van der Waals surface area contributed by atoms with Gasteiger partial charge in [-0.3, -0.25) is 0 Å². The Hall–Kier alpha value is -1.69. The molecule has 3 rings (SSSR count). The molecule has 11 heteroatoms. The second-order valence-electron chi connectivity index (χ2n) is 6.83. The van der Waals surface area contributed by atoms with E-state index in [1.165, 1.54) is 16.4 Å². The van der Waals surface area contributed by atoms with Crippen molar-refractivity contribution in [3.8, 4) is 5.75 Å². The molecule has 31 heavy (non-hydrogen) atoms. The molecule has 2 aromatic carbocycles. The zero-order valence-corrected chi connectivity index (χ0v) is 19.5. The second kappa shape index (κ2) is 10.3. The van der Waals surface area contributed by atoms with Gasteiger partial charge < -0.3 is 9.47 Å². The Balaban J connectivity index is 1.64. The van der Waals surface area contributed by atoms with Gasteiger partial charge in [0.2, 0.25) is 20.0 Å². The van der Waals surface area contributed by atoms with Crippen LogP contribution in [0.2, 0.25) is 5.02 Å². The average Bonchev–Trinajstić information content (AvgIpc) is 2.76. The summed E-state index contributed by atoms with van der Waals surface area (Å²) >= 11 is 5.95. The minimum absolute atomic E-state index is 0.0196. The smallest absolute Gasteiger partial charge is 0.244 e. The summed E-state index contributed by atoms with van der Waals surface area (Å²) in [5.41, 5.74) is 0.805. The Bertz CT molecular complexity index is 1100. The summed E-state index contributed by atoms with van der Waals surface area (Å²) in [5.74, 6) is 0.233. The topological polar surface area (TPSA) is 102 Å². The molecule has 1 N–H and O–H groups in total. The lowest BCUT2D eigenvalue weighted by Gasteiger charge is -2.26. The molecule has 170 valence electrons. The molecule has 8 nitrogen and oxygen atoms in total. The predicted molar refractivity (Wildman–Crippen MR) is 118 cm³/mol. The average molecular weight is 489 g/mol. The number of rotatable bonds is 9. The Kier molecular flexibility index (Phi) is 7.95. The standard InChI is InChI=1S/C20H25ClN2O6S2/c1-2-29-19-8-5-17(21)15-20(19)30(24,25)22-10-9-16-3-6-18(7-4-16)31(26,27)23-11-13-28-14-12-23/h3-8,15,22H,2,9-14H2,1H3. The van der Waals surface area contributed by atoms with Crippen LogP contribution in [0, 0.1) is 0 Å². The summed E-state index contributed by atoms with van der Waals surface area (Å²) in [6, 6.07) is 10.9. The van der Waals surface area contributed by atoms with Gasteiger partial charge >= 0.3 is 0 Å². The fourth-order valence-electron chi connectivity index (χ4n) is 3.14. The van der Waals surface area contributed by atoms with E-state index in [4.69, 9.17) is 21.1 Å². The fraction of sp³-hybridized carbons (Fsp3) is 0.400. The van der Waals surface area contributed by atoms with E-state index in [0.29, 0.717) is 44.4 Å². The third-order valence-corrected chi connectivity index (χ3v) is 8.36. The molecule has 0 saturated carbocycles. The molecule has 0 bridgehead atoms. The first kappa shape index (κ1) is 24.0. The van der Waals surface area contributed by atoms with Crippen LogP contribution in [0.25, 0.3) is 0 Å². The minimum Gasteiger partial charge on any atom is -0.492 e. The van der Waals surface area contributed by atoms with Crippen LogP contribution >= 0.6 is 11.6 Å². The van der Waals surface area contributed by atoms with E-state index in [2.05, 4.69) is 4.72 Å². The summed E-state index contributed by atoms with van der Waals surface area (Å²) < 4.78 is 65.2. The highest BCUT2D eigenvalue weighted by molar-refractivity contribution is 7.89. The zero-order chi connectivity index (χ0) is 22.5. The van der Waals surface area contributed by atoms with E-state index in [1.54, 1.807) is 37.3 Å². The molecule has 1 saturated heterocycles. The Morgan fingerprint density at radius 1 is 1.06 bits per heavy atom. The molecule has 1 fully saturated rings. The highest BCUT2D eigenvalue weighted by atomic mass is 35.5. The minimum atomic E-state index is -3.83. The van der Waals surface area contributed by atoms with Crippen molar-refractivity contribution < 1.29 is 26.3 Å². The molecule has 1 heterocycles. The zero-order valence-electron chi connectivity index (χ0n) is 17.1. The van der Waals surface area contributed by atoms with Gasteiger partial charge in [-0.05, 0) is 49.2 Å². The molecular weight excluding hydrogens is 464 g/mol. The maximum absolute atomic E-state index is 12.7. The van der Waals surface area contributed by atoms with Gasteiger partial charge in [-0.1, -0.05) is 23.7 Å². The Morgan fingerprint density at radius 2 is 1.74 bits per heavy atom. The number of morpholine rings is 1. The van der Waals surface area contributed by atoms with Gasteiger partial charge in [0.15, 0.2) is 0 Å². The van der Waals surface area contributed by atoms with Crippen molar-refractivity contribution in [2.75, 3.05) is 39.5 Å². The predicted octanol–water partition coefficient (Wildman–Crippen LogP) is 2.28. The van der Waals surface area contributed by atoms with Gasteiger partial charge in [0, 0.05) is 24.7 Å². The van der Waals surface area contributed by atoms with Gasteiger partial charge in [0.1, 0.15) is 10.6 Å². The normalized spacial score (nSPS) is 15.7. The molecule has 0 radical (unpaired) electrons. The second-order valence-corrected chi connectivity index (χ2v) is 10.9. The van der Waals surface area contributed by atoms with Crippen molar-refractivity contribution in [1.29, 1.82) is 0 Å². The number of hydrogen-bond donors (Lipinski definition) is 1. The lowest BCUT2D eigenvalue weighted by atomic mass is 10.2. The lowest BCUT2D eigenvalue weighted by Crippen LogP contribution is -2.40. The van der Waals surface area contributed by atoms with Crippen molar-refractivity contribution >= 4 is 31.6 Å². The van der Waals surface area contributed by atoms with Crippen LogP contribution in [-0.2, 0) is 31.2 Å². The summed E-state index contributed by atoms with van der Waals surface area (Å²) in [4.78, 5) is 0.188. The molecule has 1 aliphatic rings. The number of ether oxygens (including phenoxy) is 2. The molecule has 0 aliphatic carbocycles. The molecule has 0 spiro atoms. The highest BCUT2D eigenvalue weighted by Crippen LogP contribution is 2.27. The summed E-state index contributed by atoms with van der Waals surface area (Å²) in [6.45, 7) is 3.66. The molecular formula is C20H25ClN2O6S2. The van der Waals surface area contributed by atoms with Crippen LogP contribution in [0.3, 0.4) is 0 Å². The maximum Gasteiger partial charge on any atom is 0.244 e. The molecule has 2 aromatic rings. The summed E-state index contributed by atoms with van der Waals surface area (Å²) in [6.07, 6.45) is 0.391. The molecule has 0 aromatic heterocycles. The summed E-state index contributed by atoms with van der Waals surface area (Å²) in [7, 11) is -7.38. The third kappa shape index (κ3) is 5.97. The molecule has 1 aliphatic heterocycles. The highest BCUT2D eigenvalue weighted by Gasteiger charge is 2.26. The van der Waals surface area contributed by atoms with E-state index >= 15 is 0 Å². The van der Waals surface area contributed by atoms with E-state index in [1.807, 2.05) is 0 Å². The first-order valence-corrected chi connectivity index (χ1v) is 13.1. The Morgan fingerprint density at radius 3 is 2.39 bits per heavy atom. The van der Waals surface area contributed by atoms with Gasteiger partial charge in [-0.15, -0.1) is 0 Å². The van der Waals surface area contributed by atoms with Gasteiger partial charge in [-0.2, -0.15) is 4.31 Å². The van der Waals surface area contributed by atoms with E-state index in [0.717, 1.165) is 5.56 Å². The number of nitrogens with zero attached hydrogens (tertiary/aromatic N) is 1. The van der Waals surface area contributed by atoms with E-state index in [-0.39, 0.29) is 22.1 Å². The SMILES string of the molecule is CCOc1ccc(Cl)cc1S(=O)(=O)NCCc1ccc(S(=O)(=O)N2CCOCC2)cc1. The fourth-order valence-corrected chi connectivity index (χ4v) is 5.98. The quantitative estimate of drug-likeness (QED) is 0.581. The first-order valence-electron chi connectivity index (χ1n) is 9.83. The van der Waals surface area contributed by atoms with Crippen molar-refractivity contribution in [3.05, 3.63) is 53.1 Å². The van der Waals surface area contributed by atoms with Crippen LogP contribution in [0.4, 0.5) is 0 Å². The molecule has 0 unspecified atom stereocenters. The van der Waals surface area contributed by atoms with E-state index < -0.39 is 20.0 Å².